The summed E-state index contributed by atoms with van der Waals surface area (Å²) in [4.78, 5) is 24.6. The fourth-order valence-electron chi connectivity index (χ4n) is 4.04. The minimum Gasteiger partial charge on any atom is -0.294 e. The van der Waals surface area contributed by atoms with Gasteiger partial charge >= 0.3 is 0 Å². The minimum atomic E-state index is 0.0416. The standard InChI is InChI=1S/C30H33O2.C2H6/c1-4-9-28(30(32)29-20-18-27(19-21-29)26-16-17-26)11-7-5-6-10-22(2)24-12-8-13-25(15-14-24)23(3)31;1-2/h12-21,28H,2,4-7,9-11H2,1,3H3;1-2H3. The summed E-state index contributed by atoms with van der Waals surface area (Å²) in [5, 5.41) is 0. The van der Waals surface area contributed by atoms with Gasteiger partial charge in [-0.25, -0.2) is 0 Å². The van der Waals surface area contributed by atoms with Crippen LogP contribution < -0.4 is 0 Å². The molecule has 1 unspecified atom stereocenters. The number of rotatable bonds is 13. The Labute approximate surface area is 206 Å². The molecular weight excluding hydrogens is 416 g/mol. The number of allylic oxidation sites excluding steroid dienone is 8. The summed E-state index contributed by atoms with van der Waals surface area (Å²) >= 11 is 0. The Hall–Kier alpha value is -2.96. The molecule has 0 amide bonds. The Kier molecular flexibility index (Phi) is 11.5. The van der Waals surface area contributed by atoms with Crippen molar-refractivity contribution in [3.8, 4) is 0 Å². The third-order valence-corrected chi connectivity index (χ3v) is 6.11. The minimum absolute atomic E-state index is 0.0416. The number of ketones is 2. The summed E-state index contributed by atoms with van der Waals surface area (Å²) in [5.41, 5.74) is 9.11. The molecule has 3 rings (SSSR count). The van der Waals surface area contributed by atoms with Crippen LogP contribution in [-0.4, -0.2) is 11.6 Å². The fourth-order valence-corrected chi connectivity index (χ4v) is 4.04. The maximum Gasteiger partial charge on any atom is 0.165 e. The molecule has 1 radical (unpaired) electrons. The van der Waals surface area contributed by atoms with Crippen molar-refractivity contribution in [3.63, 3.8) is 0 Å². The van der Waals surface area contributed by atoms with E-state index in [9.17, 15) is 9.59 Å². The lowest BCUT2D eigenvalue weighted by molar-refractivity contribution is -0.113. The van der Waals surface area contributed by atoms with E-state index in [1.807, 2.05) is 44.2 Å². The number of hydrogen-bond acceptors (Lipinski definition) is 2. The predicted octanol–water partition coefficient (Wildman–Crippen LogP) is 8.59. The molecule has 2 aliphatic carbocycles. The molecule has 0 fully saturated rings. The third-order valence-electron chi connectivity index (χ3n) is 6.11. The molecule has 0 bridgehead atoms. The van der Waals surface area contributed by atoms with Gasteiger partial charge in [0.15, 0.2) is 11.6 Å². The van der Waals surface area contributed by atoms with Crippen molar-refractivity contribution in [1.29, 1.82) is 0 Å². The van der Waals surface area contributed by atoms with Crippen LogP contribution in [-0.2, 0) is 4.79 Å². The monoisotopic (exact) mass is 455 g/mol. The first-order valence-electron chi connectivity index (χ1n) is 12.7. The lowest BCUT2D eigenvalue weighted by Gasteiger charge is -2.15. The van der Waals surface area contributed by atoms with E-state index in [4.69, 9.17) is 0 Å². The smallest absolute Gasteiger partial charge is 0.165 e. The number of hydrogen-bond donors (Lipinski definition) is 0. The van der Waals surface area contributed by atoms with Crippen molar-refractivity contribution in [1.82, 2.24) is 0 Å². The van der Waals surface area contributed by atoms with Gasteiger partial charge < -0.3 is 0 Å². The van der Waals surface area contributed by atoms with Crippen LogP contribution in [0.1, 0.15) is 88.6 Å². The molecule has 1 atom stereocenters. The lowest BCUT2D eigenvalue weighted by atomic mass is 9.88. The maximum atomic E-state index is 13.0. The second kappa shape index (κ2) is 14.3. The highest BCUT2D eigenvalue weighted by Gasteiger charge is 2.19. The van der Waals surface area contributed by atoms with Crippen LogP contribution in [0.4, 0.5) is 0 Å². The molecule has 0 heterocycles. The van der Waals surface area contributed by atoms with Crippen molar-refractivity contribution in [2.45, 2.75) is 72.6 Å². The molecule has 2 heteroatoms. The zero-order valence-corrected chi connectivity index (χ0v) is 21.3. The van der Waals surface area contributed by atoms with Crippen molar-refractivity contribution in [2.24, 2.45) is 5.92 Å². The van der Waals surface area contributed by atoms with Gasteiger partial charge in [0.25, 0.3) is 0 Å². The van der Waals surface area contributed by atoms with Gasteiger partial charge in [0, 0.05) is 23.5 Å². The van der Waals surface area contributed by atoms with E-state index >= 15 is 0 Å². The Morgan fingerprint density at radius 3 is 2.18 bits per heavy atom. The Balaban J connectivity index is 0.00000199. The van der Waals surface area contributed by atoms with Crippen molar-refractivity contribution < 1.29 is 9.59 Å². The van der Waals surface area contributed by atoms with Crippen LogP contribution in [0.15, 0.2) is 83.7 Å². The van der Waals surface area contributed by atoms with Gasteiger partial charge in [0.1, 0.15) is 0 Å². The molecule has 1 aromatic rings. The first kappa shape index (κ1) is 27.3. The highest BCUT2D eigenvalue weighted by Crippen LogP contribution is 2.30. The van der Waals surface area contributed by atoms with Crippen LogP contribution >= 0.6 is 0 Å². The predicted molar refractivity (Wildman–Crippen MR) is 145 cm³/mol. The summed E-state index contributed by atoms with van der Waals surface area (Å²) in [6.07, 6.45) is 18.6. The molecule has 2 aliphatic rings. The highest BCUT2D eigenvalue weighted by atomic mass is 16.1. The molecule has 1 aromatic carbocycles. The number of unbranched alkanes of at least 4 members (excludes halogenated alkanes) is 2. The van der Waals surface area contributed by atoms with Crippen LogP contribution in [0.2, 0.25) is 0 Å². The van der Waals surface area contributed by atoms with Crippen molar-refractivity contribution in [3.05, 3.63) is 101 Å². The summed E-state index contributed by atoms with van der Waals surface area (Å²) in [5.74, 6) is 0.429. The molecule has 2 nitrogen and oxygen atoms in total. The molecule has 0 saturated heterocycles. The Morgan fingerprint density at radius 1 is 0.912 bits per heavy atom. The van der Waals surface area contributed by atoms with E-state index in [-0.39, 0.29) is 17.5 Å². The van der Waals surface area contributed by atoms with Crippen LogP contribution in [0.25, 0.3) is 5.57 Å². The molecule has 179 valence electrons. The van der Waals surface area contributed by atoms with Gasteiger partial charge in [-0.05, 0) is 67.0 Å². The first-order chi connectivity index (χ1) is 16.5. The van der Waals surface area contributed by atoms with Gasteiger partial charge in [-0.2, -0.15) is 0 Å². The summed E-state index contributed by atoms with van der Waals surface area (Å²) in [7, 11) is 0. The van der Waals surface area contributed by atoms with Crippen molar-refractivity contribution in [2.75, 3.05) is 0 Å². The van der Waals surface area contributed by atoms with E-state index < -0.39 is 0 Å². The van der Waals surface area contributed by atoms with Crippen molar-refractivity contribution >= 4 is 17.1 Å². The SMILES string of the molecule is C=C(CCCCCC(CCC)C(=O)c1ccc(C2=C[CH]2)cc1)C1=CC=C(C(C)=O)C=C=C1.CC. The van der Waals surface area contributed by atoms with E-state index in [2.05, 4.69) is 43.9 Å². The van der Waals surface area contributed by atoms with Gasteiger partial charge in [-0.1, -0.05) is 89.1 Å². The topological polar surface area (TPSA) is 34.1 Å². The van der Waals surface area contributed by atoms with Gasteiger partial charge in [0.2, 0.25) is 0 Å². The molecule has 0 aliphatic heterocycles. The van der Waals surface area contributed by atoms with Crippen LogP contribution in [0, 0.1) is 12.3 Å². The molecule has 0 aromatic heterocycles. The molecule has 34 heavy (non-hydrogen) atoms. The number of benzene rings is 1. The van der Waals surface area contributed by atoms with Gasteiger partial charge in [0.05, 0.1) is 0 Å². The quantitative estimate of drug-likeness (QED) is 0.169. The molecule has 0 N–H and O–H groups in total. The summed E-state index contributed by atoms with van der Waals surface area (Å²) in [6.45, 7) is 11.9. The second-order valence-corrected chi connectivity index (χ2v) is 8.67. The van der Waals surface area contributed by atoms with Crippen LogP contribution in [0.5, 0.6) is 0 Å². The molecular formula is C32H39O2. The maximum absolute atomic E-state index is 13.0. The molecule has 0 spiro atoms. The number of carbonyl (C=O) groups is 2. The number of Topliss-reactive ketones (excluding diaryl/α,β-unsaturated/α-hetero) is 2. The Bertz CT molecular complexity index is 1020. The first-order valence-corrected chi connectivity index (χ1v) is 12.7. The fraction of sp³-hybridized carbons (Fsp3) is 0.375. The Morgan fingerprint density at radius 2 is 1.56 bits per heavy atom. The second-order valence-electron chi connectivity index (χ2n) is 8.67. The lowest BCUT2D eigenvalue weighted by Crippen LogP contribution is -2.15. The zero-order chi connectivity index (χ0) is 24.9. The van der Waals surface area contributed by atoms with E-state index in [0.29, 0.717) is 5.57 Å². The highest BCUT2D eigenvalue weighted by molar-refractivity contribution is 5.98. The van der Waals surface area contributed by atoms with Gasteiger partial charge in [-0.15, -0.1) is 5.73 Å². The largest absolute Gasteiger partial charge is 0.294 e. The third kappa shape index (κ3) is 8.43. The van der Waals surface area contributed by atoms with E-state index in [0.717, 1.165) is 61.7 Å². The number of carbonyl (C=O) groups excluding carboxylic acids is 2. The van der Waals surface area contributed by atoms with Crippen LogP contribution in [0.3, 0.4) is 0 Å². The normalized spacial score (nSPS) is 14.6. The average Bonchev–Trinajstić information content (AvgIpc) is 3.71. The zero-order valence-electron chi connectivity index (χ0n) is 21.3. The average molecular weight is 456 g/mol. The summed E-state index contributed by atoms with van der Waals surface area (Å²) in [6, 6.07) is 8.06. The van der Waals surface area contributed by atoms with E-state index in [1.165, 1.54) is 11.1 Å². The van der Waals surface area contributed by atoms with E-state index in [1.54, 1.807) is 13.0 Å². The van der Waals surface area contributed by atoms with Gasteiger partial charge in [-0.3, -0.25) is 9.59 Å². The summed E-state index contributed by atoms with van der Waals surface area (Å²) < 4.78 is 0. The molecule has 0 saturated carbocycles.